The van der Waals surface area contributed by atoms with E-state index in [1.807, 2.05) is 55.1 Å². The number of benzene rings is 1. The SMILES string of the molecule is CC(C(=O)Nc1cc(C2CC2)[nH]n1)c1cccc(C2CCN(C(=O)/C=C/CN(C)C)CC2)c1. The molecule has 7 nitrogen and oxygen atoms in total. The number of carbonyl (C=O) groups is 2. The number of amides is 2. The zero-order valence-corrected chi connectivity index (χ0v) is 19.9. The molecule has 1 aromatic carbocycles. The normalized spacial score (nSPS) is 18.1. The predicted octanol–water partition coefficient (Wildman–Crippen LogP) is 3.85. The van der Waals surface area contributed by atoms with Crippen molar-refractivity contribution in [3.8, 4) is 0 Å². The van der Waals surface area contributed by atoms with Crippen molar-refractivity contribution in [1.29, 1.82) is 0 Å². The number of aromatic nitrogens is 2. The highest BCUT2D eigenvalue weighted by Gasteiger charge is 2.27. The molecule has 0 radical (unpaired) electrons. The summed E-state index contributed by atoms with van der Waals surface area (Å²) in [5.74, 6) is 1.36. The van der Waals surface area contributed by atoms with Crippen LogP contribution < -0.4 is 5.32 Å². The van der Waals surface area contributed by atoms with E-state index in [1.165, 1.54) is 18.4 Å². The van der Waals surface area contributed by atoms with Crippen LogP contribution in [0.2, 0.25) is 0 Å². The molecule has 0 bridgehead atoms. The number of hydrogen-bond donors (Lipinski definition) is 2. The Kier molecular flexibility index (Phi) is 7.28. The van der Waals surface area contributed by atoms with Crippen LogP contribution >= 0.6 is 0 Å². The Bertz CT molecular complexity index is 1000. The number of nitrogens with zero attached hydrogens (tertiary/aromatic N) is 3. The zero-order chi connectivity index (χ0) is 23.4. The minimum atomic E-state index is -0.269. The summed E-state index contributed by atoms with van der Waals surface area (Å²) in [5, 5.41) is 10.2. The third-order valence-electron chi connectivity index (χ3n) is 6.68. The van der Waals surface area contributed by atoms with Crippen LogP contribution in [-0.2, 0) is 9.59 Å². The predicted molar refractivity (Wildman–Crippen MR) is 130 cm³/mol. The molecule has 2 aliphatic rings. The minimum absolute atomic E-state index is 0.0501. The third-order valence-corrected chi connectivity index (χ3v) is 6.68. The number of hydrogen-bond acceptors (Lipinski definition) is 4. The van der Waals surface area contributed by atoms with Crippen molar-refractivity contribution in [2.45, 2.75) is 50.4 Å². The quantitative estimate of drug-likeness (QED) is 0.600. The number of H-pyrrole nitrogens is 1. The molecule has 1 aliphatic carbocycles. The van der Waals surface area contributed by atoms with Gasteiger partial charge in [-0.2, -0.15) is 5.10 Å². The lowest BCUT2D eigenvalue weighted by atomic mass is 9.87. The van der Waals surface area contributed by atoms with E-state index in [2.05, 4.69) is 27.6 Å². The third kappa shape index (κ3) is 6.11. The van der Waals surface area contributed by atoms with Crippen LogP contribution in [0.15, 0.2) is 42.5 Å². The number of aromatic amines is 1. The minimum Gasteiger partial charge on any atom is -0.339 e. The van der Waals surface area contributed by atoms with Gasteiger partial charge in [0.05, 0.1) is 5.92 Å². The van der Waals surface area contributed by atoms with Gasteiger partial charge in [-0.3, -0.25) is 14.7 Å². The van der Waals surface area contributed by atoms with Crippen molar-refractivity contribution in [3.05, 3.63) is 59.3 Å². The molecule has 2 N–H and O–H groups in total. The second kappa shape index (κ2) is 10.3. The maximum Gasteiger partial charge on any atom is 0.246 e. The molecule has 1 unspecified atom stereocenters. The Labute approximate surface area is 196 Å². The summed E-state index contributed by atoms with van der Waals surface area (Å²) in [5.41, 5.74) is 3.37. The highest BCUT2D eigenvalue weighted by atomic mass is 16.2. The molecule has 1 atom stereocenters. The smallest absolute Gasteiger partial charge is 0.246 e. The number of carbonyl (C=O) groups excluding carboxylic acids is 2. The molecular formula is C26H35N5O2. The molecule has 1 aliphatic heterocycles. The number of anilines is 1. The Morgan fingerprint density at radius 3 is 2.64 bits per heavy atom. The molecule has 1 saturated heterocycles. The number of likely N-dealkylation sites (N-methyl/N-ethyl adjacent to an activating group) is 1. The Morgan fingerprint density at radius 1 is 1.18 bits per heavy atom. The van der Waals surface area contributed by atoms with Crippen LogP contribution in [0.5, 0.6) is 0 Å². The van der Waals surface area contributed by atoms with Gasteiger partial charge in [0.25, 0.3) is 0 Å². The van der Waals surface area contributed by atoms with E-state index in [4.69, 9.17) is 0 Å². The first kappa shape index (κ1) is 23.2. The number of piperidine rings is 1. The summed E-state index contributed by atoms with van der Waals surface area (Å²) >= 11 is 0. The molecule has 2 heterocycles. The first-order valence-corrected chi connectivity index (χ1v) is 12.0. The van der Waals surface area contributed by atoms with Crippen molar-refractivity contribution < 1.29 is 9.59 Å². The summed E-state index contributed by atoms with van der Waals surface area (Å²) in [6, 6.07) is 10.3. The van der Waals surface area contributed by atoms with Crippen LogP contribution in [0.25, 0.3) is 0 Å². The van der Waals surface area contributed by atoms with Gasteiger partial charge in [0, 0.05) is 43.4 Å². The van der Waals surface area contributed by atoms with Crippen molar-refractivity contribution >= 4 is 17.6 Å². The molecule has 2 fully saturated rings. The van der Waals surface area contributed by atoms with E-state index in [9.17, 15) is 9.59 Å². The molecule has 1 saturated carbocycles. The van der Waals surface area contributed by atoms with E-state index >= 15 is 0 Å². The maximum absolute atomic E-state index is 12.8. The summed E-state index contributed by atoms with van der Waals surface area (Å²) < 4.78 is 0. The molecule has 176 valence electrons. The number of likely N-dealkylation sites (tertiary alicyclic amines) is 1. The standard InChI is InChI=1S/C26H35N5O2/c1-18(26(33)27-24-17-23(28-29-24)20-9-10-20)21-6-4-7-22(16-21)19-11-14-31(15-12-19)25(32)8-5-13-30(2)3/h4-8,16-20H,9-15H2,1-3H3,(H2,27,28,29,33)/b8-5+. The van der Waals surface area contributed by atoms with Crippen LogP contribution in [0.1, 0.15) is 67.2 Å². The molecule has 7 heteroatoms. The lowest BCUT2D eigenvalue weighted by Crippen LogP contribution is -2.37. The summed E-state index contributed by atoms with van der Waals surface area (Å²) in [6.45, 7) is 4.23. The van der Waals surface area contributed by atoms with Gasteiger partial charge in [0.15, 0.2) is 5.82 Å². The molecule has 0 spiro atoms. The average molecular weight is 450 g/mol. The van der Waals surface area contributed by atoms with Gasteiger partial charge in [0.2, 0.25) is 11.8 Å². The first-order chi connectivity index (χ1) is 15.9. The van der Waals surface area contributed by atoms with Crippen molar-refractivity contribution in [2.24, 2.45) is 0 Å². The highest BCUT2D eigenvalue weighted by Crippen LogP contribution is 2.39. The van der Waals surface area contributed by atoms with Gasteiger partial charge in [-0.25, -0.2) is 0 Å². The fraction of sp³-hybridized carbons (Fsp3) is 0.500. The van der Waals surface area contributed by atoms with Crippen LogP contribution in [0, 0.1) is 0 Å². The Morgan fingerprint density at radius 2 is 1.94 bits per heavy atom. The summed E-state index contributed by atoms with van der Waals surface area (Å²) in [4.78, 5) is 29.2. The van der Waals surface area contributed by atoms with E-state index in [-0.39, 0.29) is 17.7 Å². The Balaban J connectivity index is 1.32. The lowest BCUT2D eigenvalue weighted by molar-refractivity contribution is -0.127. The molecule has 4 rings (SSSR count). The van der Waals surface area contributed by atoms with Crippen molar-refractivity contribution in [3.63, 3.8) is 0 Å². The lowest BCUT2D eigenvalue weighted by Gasteiger charge is -2.32. The van der Waals surface area contributed by atoms with Crippen LogP contribution in [-0.4, -0.2) is 65.5 Å². The highest BCUT2D eigenvalue weighted by molar-refractivity contribution is 5.94. The fourth-order valence-corrected chi connectivity index (χ4v) is 4.38. The van der Waals surface area contributed by atoms with Gasteiger partial charge in [-0.1, -0.05) is 30.3 Å². The van der Waals surface area contributed by atoms with E-state index in [0.717, 1.165) is 43.7 Å². The van der Waals surface area contributed by atoms with Crippen LogP contribution in [0.4, 0.5) is 5.82 Å². The zero-order valence-electron chi connectivity index (χ0n) is 19.9. The van der Waals surface area contributed by atoms with Crippen molar-refractivity contribution in [1.82, 2.24) is 20.0 Å². The molecule has 33 heavy (non-hydrogen) atoms. The summed E-state index contributed by atoms with van der Waals surface area (Å²) in [7, 11) is 3.97. The first-order valence-electron chi connectivity index (χ1n) is 12.0. The van der Waals surface area contributed by atoms with Crippen LogP contribution in [0.3, 0.4) is 0 Å². The molecule has 2 aromatic rings. The largest absolute Gasteiger partial charge is 0.339 e. The monoisotopic (exact) mass is 449 g/mol. The van der Waals surface area contributed by atoms with Gasteiger partial charge in [-0.15, -0.1) is 0 Å². The van der Waals surface area contributed by atoms with E-state index in [1.54, 1.807) is 6.08 Å². The van der Waals surface area contributed by atoms with Gasteiger partial charge in [-0.05, 0) is 63.7 Å². The van der Waals surface area contributed by atoms with E-state index < -0.39 is 0 Å². The van der Waals surface area contributed by atoms with Crippen molar-refractivity contribution in [2.75, 3.05) is 39.0 Å². The fourth-order valence-electron chi connectivity index (χ4n) is 4.38. The second-order valence-electron chi connectivity index (χ2n) is 9.63. The second-order valence-corrected chi connectivity index (χ2v) is 9.63. The molecular weight excluding hydrogens is 414 g/mol. The molecule has 1 aromatic heterocycles. The molecule has 2 amide bonds. The van der Waals surface area contributed by atoms with E-state index in [0.29, 0.717) is 17.7 Å². The average Bonchev–Trinajstić information content (AvgIpc) is 3.57. The summed E-state index contributed by atoms with van der Waals surface area (Å²) in [6.07, 6.45) is 7.87. The topological polar surface area (TPSA) is 81.3 Å². The number of rotatable bonds is 8. The van der Waals surface area contributed by atoms with Gasteiger partial charge >= 0.3 is 0 Å². The van der Waals surface area contributed by atoms with Gasteiger partial charge < -0.3 is 15.1 Å². The number of nitrogens with one attached hydrogen (secondary N) is 2. The Hall–Kier alpha value is -2.93. The maximum atomic E-state index is 12.8. The van der Waals surface area contributed by atoms with Gasteiger partial charge in [0.1, 0.15) is 0 Å².